The molecule has 0 aromatic heterocycles. The third kappa shape index (κ3) is 4.94. The van der Waals surface area contributed by atoms with Crippen LogP contribution in [-0.4, -0.2) is 26.7 Å². The summed E-state index contributed by atoms with van der Waals surface area (Å²) in [6.07, 6.45) is 0.244. The molecular weight excluding hydrogens is 326 g/mol. The minimum absolute atomic E-state index is 0.115. The Kier molecular flexibility index (Phi) is 6.53. The van der Waals surface area contributed by atoms with Crippen molar-refractivity contribution in [1.82, 2.24) is 5.32 Å². The van der Waals surface area contributed by atoms with Gasteiger partial charge in [-0.1, -0.05) is 41.6 Å². The van der Waals surface area contributed by atoms with Crippen LogP contribution in [-0.2, 0) is 11.2 Å². The Hall–Kier alpha value is -2.64. The maximum Gasteiger partial charge on any atom is 0.225 e. The maximum atomic E-state index is 12.0. The lowest BCUT2D eigenvalue weighted by atomic mass is 10.1. The summed E-state index contributed by atoms with van der Waals surface area (Å²) >= 11 is 6.01. The Bertz CT molecular complexity index is 778. The van der Waals surface area contributed by atoms with E-state index in [1.165, 1.54) is 0 Å². The van der Waals surface area contributed by atoms with E-state index in [2.05, 4.69) is 17.2 Å². The molecule has 0 unspecified atom stereocenters. The highest BCUT2D eigenvalue weighted by Crippen LogP contribution is 2.27. The van der Waals surface area contributed by atoms with Crippen LogP contribution in [0.5, 0.6) is 11.5 Å². The monoisotopic (exact) mass is 343 g/mol. The fraction of sp³-hybridized carbons (Fsp3) is 0.211. The molecule has 4 nitrogen and oxygen atoms in total. The second kappa shape index (κ2) is 8.85. The highest BCUT2D eigenvalue weighted by atomic mass is 35.5. The topological polar surface area (TPSA) is 47.6 Å². The molecule has 2 rings (SSSR count). The molecule has 0 atom stereocenters. The molecule has 24 heavy (non-hydrogen) atoms. The van der Waals surface area contributed by atoms with E-state index in [-0.39, 0.29) is 18.9 Å². The predicted octanol–water partition coefficient (Wildman–Crippen LogP) is 3.07. The number of methoxy groups -OCH3 is 2. The zero-order valence-electron chi connectivity index (χ0n) is 13.6. The first-order chi connectivity index (χ1) is 11.6. The van der Waals surface area contributed by atoms with Gasteiger partial charge in [0.2, 0.25) is 5.91 Å². The van der Waals surface area contributed by atoms with E-state index in [0.29, 0.717) is 16.5 Å². The summed E-state index contributed by atoms with van der Waals surface area (Å²) in [5.41, 5.74) is 1.58. The fourth-order valence-electron chi connectivity index (χ4n) is 2.08. The molecule has 0 spiro atoms. The number of carbonyl (C=O) groups is 1. The van der Waals surface area contributed by atoms with Crippen LogP contribution in [0.15, 0.2) is 42.5 Å². The van der Waals surface area contributed by atoms with Gasteiger partial charge in [0, 0.05) is 5.56 Å². The molecule has 0 heterocycles. The summed E-state index contributed by atoms with van der Waals surface area (Å²) in [4.78, 5) is 12.0. The van der Waals surface area contributed by atoms with Crippen molar-refractivity contribution in [1.29, 1.82) is 0 Å². The number of halogens is 1. The highest BCUT2D eigenvalue weighted by molar-refractivity contribution is 6.31. The van der Waals surface area contributed by atoms with E-state index >= 15 is 0 Å². The van der Waals surface area contributed by atoms with Gasteiger partial charge >= 0.3 is 0 Å². The van der Waals surface area contributed by atoms with Crippen LogP contribution in [0.25, 0.3) is 0 Å². The van der Waals surface area contributed by atoms with E-state index in [4.69, 9.17) is 21.1 Å². The third-order valence-corrected chi connectivity index (χ3v) is 3.61. The molecule has 1 amide bonds. The van der Waals surface area contributed by atoms with Crippen LogP contribution in [0, 0.1) is 11.8 Å². The summed E-state index contributed by atoms with van der Waals surface area (Å²) in [5.74, 6) is 6.94. The van der Waals surface area contributed by atoms with Crippen molar-refractivity contribution in [3.8, 4) is 23.3 Å². The van der Waals surface area contributed by atoms with Crippen molar-refractivity contribution in [3.05, 3.63) is 58.6 Å². The van der Waals surface area contributed by atoms with Gasteiger partial charge in [0.15, 0.2) is 11.5 Å². The molecule has 2 aromatic carbocycles. The standard InChI is InChI=1S/C19H18ClNO3/c1-23-17-10-9-14(12-18(17)24-2)13-19(22)21-11-5-7-15-6-3-4-8-16(15)20/h3-4,6,8-10,12H,11,13H2,1-2H3,(H,21,22). The Labute approximate surface area is 146 Å². The number of benzene rings is 2. The van der Waals surface area contributed by atoms with Gasteiger partial charge in [-0.25, -0.2) is 0 Å². The molecular formula is C19H18ClNO3. The van der Waals surface area contributed by atoms with Crippen molar-refractivity contribution in [2.45, 2.75) is 6.42 Å². The summed E-state index contributed by atoms with van der Waals surface area (Å²) < 4.78 is 10.4. The first kappa shape index (κ1) is 17.7. The molecule has 124 valence electrons. The fourth-order valence-corrected chi connectivity index (χ4v) is 2.27. The van der Waals surface area contributed by atoms with Gasteiger partial charge in [-0.2, -0.15) is 0 Å². The number of nitrogens with one attached hydrogen (secondary N) is 1. The molecule has 0 bridgehead atoms. The number of hydrogen-bond donors (Lipinski definition) is 1. The van der Waals surface area contributed by atoms with Crippen LogP contribution >= 0.6 is 11.6 Å². The van der Waals surface area contributed by atoms with Crippen LogP contribution in [0.2, 0.25) is 5.02 Å². The lowest BCUT2D eigenvalue weighted by Crippen LogP contribution is -2.25. The number of rotatable bonds is 5. The lowest BCUT2D eigenvalue weighted by molar-refractivity contribution is -0.120. The quantitative estimate of drug-likeness (QED) is 0.849. The minimum atomic E-state index is -0.115. The van der Waals surface area contributed by atoms with Gasteiger partial charge in [-0.15, -0.1) is 0 Å². The van der Waals surface area contributed by atoms with Crippen molar-refractivity contribution >= 4 is 17.5 Å². The third-order valence-electron chi connectivity index (χ3n) is 3.28. The van der Waals surface area contributed by atoms with Gasteiger partial charge < -0.3 is 14.8 Å². The summed E-state index contributed by atoms with van der Waals surface area (Å²) in [6, 6.07) is 12.7. The largest absolute Gasteiger partial charge is 0.493 e. The molecule has 0 saturated heterocycles. The highest BCUT2D eigenvalue weighted by Gasteiger charge is 2.07. The molecule has 0 fully saturated rings. The van der Waals surface area contributed by atoms with Crippen LogP contribution < -0.4 is 14.8 Å². The van der Waals surface area contributed by atoms with Crippen LogP contribution in [0.4, 0.5) is 0 Å². The van der Waals surface area contributed by atoms with Gasteiger partial charge in [-0.05, 0) is 29.8 Å². The summed E-state index contributed by atoms with van der Waals surface area (Å²) in [5, 5.41) is 3.36. The average Bonchev–Trinajstić information content (AvgIpc) is 2.60. The molecule has 0 radical (unpaired) electrons. The zero-order valence-corrected chi connectivity index (χ0v) is 14.3. The normalized spacial score (nSPS) is 9.62. The zero-order chi connectivity index (χ0) is 17.4. The number of amides is 1. The summed E-state index contributed by atoms with van der Waals surface area (Å²) in [7, 11) is 3.13. The molecule has 0 aliphatic rings. The van der Waals surface area contributed by atoms with E-state index in [9.17, 15) is 4.79 Å². The van der Waals surface area contributed by atoms with Crippen molar-refractivity contribution in [3.63, 3.8) is 0 Å². The molecule has 5 heteroatoms. The van der Waals surface area contributed by atoms with Crippen molar-refractivity contribution < 1.29 is 14.3 Å². The van der Waals surface area contributed by atoms with E-state index in [1.54, 1.807) is 32.4 Å². The number of hydrogen-bond acceptors (Lipinski definition) is 3. The van der Waals surface area contributed by atoms with E-state index < -0.39 is 0 Å². The lowest BCUT2D eigenvalue weighted by Gasteiger charge is -2.09. The van der Waals surface area contributed by atoms with Gasteiger partial charge in [-0.3, -0.25) is 4.79 Å². The maximum absolute atomic E-state index is 12.0. The molecule has 0 saturated carbocycles. The second-order valence-electron chi connectivity index (χ2n) is 4.92. The van der Waals surface area contributed by atoms with Crippen LogP contribution in [0.3, 0.4) is 0 Å². The number of carbonyl (C=O) groups excluding carboxylic acids is 1. The number of ether oxygens (including phenoxy) is 2. The Balaban J connectivity index is 1.89. The van der Waals surface area contributed by atoms with Crippen molar-refractivity contribution in [2.75, 3.05) is 20.8 Å². The van der Waals surface area contributed by atoms with Gasteiger partial charge in [0.05, 0.1) is 32.2 Å². The Morgan fingerprint density at radius 2 is 1.88 bits per heavy atom. The predicted molar refractivity (Wildman–Crippen MR) is 94.6 cm³/mol. The van der Waals surface area contributed by atoms with E-state index in [1.807, 2.05) is 24.3 Å². The molecule has 0 aliphatic carbocycles. The molecule has 1 N–H and O–H groups in total. The first-order valence-corrected chi connectivity index (χ1v) is 7.73. The Morgan fingerprint density at radius 1 is 1.12 bits per heavy atom. The summed E-state index contributed by atoms with van der Waals surface area (Å²) in [6.45, 7) is 0.261. The minimum Gasteiger partial charge on any atom is -0.493 e. The average molecular weight is 344 g/mol. The van der Waals surface area contributed by atoms with Crippen molar-refractivity contribution in [2.24, 2.45) is 0 Å². The molecule has 2 aromatic rings. The SMILES string of the molecule is COc1ccc(CC(=O)NCC#Cc2ccccc2Cl)cc1OC. The van der Waals surface area contributed by atoms with Gasteiger partial charge in [0.25, 0.3) is 0 Å². The second-order valence-corrected chi connectivity index (χ2v) is 5.33. The van der Waals surface area contributed by atoms with Gasteiger partial charge in [0.1, 0.15) is 0 Å². The molecule has 0 aliphatic heterocycles. The van der Waals surface area contributed by atoms with E-state index in [0.717, 1.165) is 11.1 Å². The Morgan fingerprint density at radius 3 is 2.58 bits per heavy atom. The smallest absolute Gasteiger partial charge is 0.225 e. The van der Waals surface area contributed by atoms with Crippen LogP contribution in [0.1, 0.15) is 11.1 Å². The first-order valence-electron chi connectivity index (χ1n) is 7.35.